The van der Waals surface area contributed by atoms with E-state index in [1.54, 1.807) is 17.0 Å². The summed E-state index contributed by atoms with van der Waals surface area (Å²) in [5, 5.41) is 19.2. The number of aliphatic carboxylic acids is 1. The van der Waals surface area contributed by atoms with Gasteiger partial charge in [-0.2, -0.15) is 0 Å². The highest BCUT2D eigenvalue weighted by atomic mass is 32.2. The summed E-state index contributed by atoms with van der Waals surface area (Å²) in [6.45, 7) is 2.99. The minimum absolute atomic E-state index is 0.0205. The first kappa shape index (κ1) is 18.3. The molecule has 130 valence electrons. The van der Waals surface area contributed by atoms with E-state index in [0.717, 1.165) is 4.90 Å². The first-order valence-corrected chi connectivity index (χ1v) is 8.66. The number of piperidine rings is 1. The van der Waals surface area contributed by atoms with E-state index < -0.39 is 10.9 Å². The van der Waals surface area contributed by atoms with Gasteiger partial charge in [0, 0.05) is 36.5 Å². The van der Waals surface area contributed by atoms with Crippen LogP contribution in [0.25, 0.3) is 0 Å². The van der Waals surface area contributed by atoms with Gasteiger partial charge in [0.25, 0.3) is 5.69 Å². The highest BCUT2D eigenvalue weighted by Gasteiger charge is 2.27. The molecule has 1 amide bonds. The lowest BCUT2D eigenvalue weighted by Crippen LogP contribution is -2.42. The maximum absolute atomic E-state index is 12.5. The van der Waals surface area contributed by atoms with Crippen LogP contribution < -0.4 is 0 Å². The molecule has 8 heteroatoms. The van der Waals surface area contributed by atoms with Gasteiger partial charge in [0.2, 0.25) is 5.91 Å². The molecule has 0 radical (unpaired) electrons. The van der Waals surface area contributed by atoms with E-state index in [2.05, 4.69) is 0 Å². The average Bonchev–Trinajstić information content (AvgIpc) is 2.54. The fourth-order valence-corrected chi connectivity index (χ4v) is 3.71. The highest BCUT2D eigenvalue weighted by Crippen LogP contribution is 2.28. The molecule has 1 unspecified atom stereocenters. The van der Waals surface area contributed by atoms with Gasteiger partial charge in [-0.05, 0) is 37.8 Å². The number of likely N-dealkylation sites (tertiary alicyclic amines) is 1. The Kier molecular flexibility index (Phi) is 6.19. The number of carbonyl (C=O) groups is 2. The number of nitro benzene ring substituents is 1. The van der Waals surface area contributed by atoms with E-state index in [1.165, 1.54) is 23.9 Å². The second kappa shape index (κ2) is 8.14. The molecule has 0 spiro atoms. The Labute approximate surface area is 144 Å². The number of benzene rings is 1. The van der Waals surface area contributed by atoms with Crippen molar-refractivity contribution in [1.82, 2.24) is 4.90 Å². The number of amides is 1. The molecule has 7 nitrogen and oxygen atoms in total. The molecule has 1 N–H and O–H groups in total. The van der Waals surface area contributed by atoms with Crippen LogP contribution in [-0.4, -0.2) is 45.1 Å². The second-order valence-corrected chi connectivity index (χ2v) is 7.29. The molecular weight excluding hydrogens is 332 g/mol. The van der Waals surface area contributed by atoms with Gasteiger partial charge in [-0.15, -0.1) is 11.8 Å². The van der Waals surface area contributed by atoms with Gasteiger partial charge in [-0.3, -0.25) is 19.7 Å². The van der Waals surface area contributed by atoms with Gasteiger partial charge in [0.15, 0.2) is 0 Å². The van der Waals surface area contributed by atoms with E-state index >= 15 is 0 Å². The molecule has 1 aromatic rings. The molecule has 1 aliphatic heterocycles. The Balaban J connectivity index is 1.86. The second-order valence-electron chi connectivity index (χ2n) is 5.88. The number of thioether (sulfide) groups is 1. The van der Waals surface area contributed by atoms with Crippen LogP contribution >= 0.6 is 11.8 Å². The third-order valence-electron chi connectivity index (χ3n) is 4.10. The Bertz CT molecular complexity index is 611. The Morgan fingerprint density at radius 3 is 2.42 bits per heavy atom. The van der Waals surface area contributed by atoms with Crippen molar-refractivity contribution in [2.75, 3.05) is 13.1 Å². The molecule has 1 aromatic carbocycles. The molecular formula is C16H20N2O5S. The van der Waals surface area contributed by atoms with Crippen LogP contribution in [0.15, 0.2) is 29.2 Å². The zero-order chi connectivity index (χ0) is 17.7. The molecule has 0 aromatic heterocycles. The summed E-state index contributed by atoms with van der Waals surface area (Å²) in [5.74, 6) is -0.627. The quantitative estimate of drug-likeness (QED) is 0.480. The van der Waals surface area contributed by atoms with Gasteiger partial charge < -0.3 is 10.0 Å². The fraction of sp³-hybridized carbons (Fsp3) is 0.500. The Hall–Kier alpha value is -2.09. The van der Waals surface area contributed by atoms with Crippen molar-refractivity contribution in [3.63, 3.8) is 0 Å². The Morgan fingerprint density at radius 2 is 1.92 bits per heavy atom. The van der Waals surface area contributed by atoms with Crippen molar-refractivity contribution in [1.29, 1.82) is 0 Å². The van der Waals surface area contributed by atoms with Crippen molar-refractivity contribution in [2.45, 2.75) is 36.3 Å². The fourth-order valence-electron chi connectivity index (χ4n) is 2.76. The maximum Gasteiger partial charge on any atom is 0.303 e. The lowest BCUT2D eigenvalue weighted by Gasteiger charge is -2.33. The SMILES string of the molecule is CC(Sc1ccc([N+](=O)[O-])cc1)C(=O)N1CCC(CC(=O)O)CC1. The number of hydrogen-bond donors (Lipinski definition) is 1. The van der Waals surface area contributed by atoms with Crippen LogP contribution in [0.1, 0.15) is 26.2 Å². The van der Waals surface area contributed by atoms with E-state index in [0.29, 0.717) is 25.9 Å². The molecule has 1 fully saturated rings. The zero-order valence-corrected chi connectivity index (χ0v) is 14.2. The minimum atomic E-state index is -0.790. The molecule has 0 bridgehead atoms. The normalized spacial score (nSPS) is 16.6. The van der Waals surface area contributed by atoms with E-state index in [-0.39, 0.29) is 29.2 Å². The van der Waals surface area contributed by atoms with Crippen LogP contribution in [0.4, 0.5) is 5.69 Å². The van der Waals surface area contributed by atoms with Crippen molar-refractivity contribution in [3.8, 4) is 0 Å². The van der Waals surface area contributed by atoms with Crippen LogP contribution in [0.5, 0.6) is 0 Å². The summed E-state index contributed by atoms with van der Waals surface area (Å²) in [7, 11) is 0. The van der Waals surface area contributed by atoms with Gasteiger partial charge in [-0.1, -0.05) is 0 Å². The number of nitro groups is 1. The van der Waals surface area contributed by atoms with Crippen molar-refractivity contribution < 1.29 is 19.6 Å². The summed E-state index contributed by atoms with van der Waals surface area (Å²) >= 11 is 1.37. The number of carboxylic acids is 1. The van der Waals surface area contributed by atoms with Crippen LogP contribution in [0.3, 0.4) is 0 Å². The summed E-state index contributed by atoms with van der Waals surface area (Å²) in [5.41, 5.74) is 0.0267. The maximum atomic E-state index is 12.5. The molecule has 24 heavy (non-hydrogen) atoms. The first-order chi connectivity index (χ1) is 11.4. The largest absolute Gasteiger partial charge is 0.481 e. The van der Waals surface area contributed by atoms with Crippen LogP contribution in [0, 0.1) is 16.0 Å². The van der Waals surface area contributed by atoms with Gasteiger partial charge in [-0.25, -0.2) is 0 Å². The predicted molar refractivity (Wildman–Crippen MR) is 90.0 cm³/mol. The van der Waals surface area contributed by atoms with Crippen molar-refractivity contribution in [2.24, 2.45) is 5.92 Å². The monoisotopic (exact) mass is 352 g/mol. The topological polar surface area (TPSA) is 101 Å². The van der Waals surface area contributed by atoms with Crippen LogP contribution in [0.2, 0.25) is 0 Å². The average molecular weight is 352 g/mol. The third kappa shape index (κ3) is 4.95. The molecule has 1 saturated heterocycles. The molecule has 1 heterocycles. The summed E-state index contributed by atoms with van der Waals surface area (Å²) in [4.78, 5) is 36.0. The highest BCUT2D eigenvalue weighted by molar-refractivity contribution is 8.00. The predicted octanol–water partition coefficient (Wildman–Crippen LogP) is 2.79. The summed E-state index contributed by atoms with van der Waals surface area (Å²) in [6.07, 6.45) is 1.59. The number of carbonyl (C=O) groups excluding carboxylic acids is 1. The van der Waals surface area contributed by atoms with E-state index in [1.807, 2.05) is 6.92 Å². The molecule has 2 rings (SSSR count). The number of nitrogens with zero attached hydrogens (tertiary/aromatic N) is 2. The summed E-state index contributed by atoms with van der Waals surface area (Å²) < 4.78 is 0. The van der Waals surface area contributed by atoms with Gasteiger partial charge in [0.05, 0.1) is 10.2 Å². The number of carboxylic acid groups (broad SMARTS) is 1. The standard InChI is InChI=1S/C16H20N2O5S/c1-11(24-14-4-2-13(3-5-14)18(22)23)16(21)17-8-6-12(7-9-17)10-15(19)20/h2-5,11-12H,6-10H2,1H3,(H,19,20). The first-order valence-electron chi connectivity index (χ1n) is 7.78. The Morgan fingerprint density at radius 1 is 1.33 bits per heavy atom. The third-order valence-corrected chi connectivity index (χ3v) is 5.20. The van der Waals surface area contributed by atoms with Crippen molar-refractivity contribution in [3.05, 3.63) is 34.4 Å². The smallest absolute Gasteiger partial charge is 0.303 e. The van der Waals surface area contributed by atoms with Crippen LogP contribution in [-0.2, 0) is 9.59 Å². The van der Waals surface area contributed by atoms with Gasteiger partial charge in [0.1, 0.15) is 0 Å². The minimum Gasteiger partial charge on any atom is -0.481 e. The zero-order valence-electron chi connectivity index (χ0n) is 13.4. The summed E-state index contributed by atoms with van der Waals surface area (Å²) in [6, 6.07) is 6.14. The van der Waals surface area contributed by atoms with Crippen molar-refractivity contribution >= 4 is 29.3 Å². The lowest BCUT2D eigenvalue weighted by molar-refractivity contribution is -0.384. The molecule has 0 aliphatic carbocycles. The number of hydrogen-bond acceptors (Lipinski definition) is 5. The number of non-ortho nitro benzene ring substituents is 1. The van der Waals surface area contributed by atoms with Gasteiger partial charge >= 0.3 is 5.97 Å². The molecule has 1 aliphatic rings. The van der Waals surface area contributed by atoms with E-state index in [4.69, 9.17) is 5.11 Å². The van der Waals surface area contributed by atoms with E-state index in [9.17, 15) is 19.7 Å². The molecule has 0 saturated carbocycles. The lowest BCUT2D eigenvalue weighted by atomic mass is 9.93. The molecule has 1 atom stereocenters. The number of rotatable bonds is 6.